The van der Waals surface area contributed by atoms with Crippen LogP contribution in [0.1, 0.15) is 12.0 Å². The molecule has 0 radical (unpaired) electrons. The van der Waals surface area contributed by atoms with Gasteiger partial charge in [0.1, 0.15) is 6.61 Å². The standard InChI is InChI=1S/C17H22ClN3O3S/c18-14-4-2-1-3-13(14)10-24-17(23)20-9-12-7-15(19-8-12)16(22)21-5-6-25-11-21/h1-4,12,15,19H,5-11H2,(H,20,23). The van der Waals surface area contributed by atoms with Gasteiger partial charge in [-0.15, -0.1) is 11.8 Å². The molecule has 2 saturated heterocycles. The number of nitrogens with zero attached hydrogens (tertiary/aromatic N) is 1. The van der Waals surface area contributed by atoms with Crippen molar-refractivity contribution in [2.75, 3.05) is 31.3 Å². The molecule has 2 unspecified atom stereocenters. The number of benzene rings is 1. The molecule has 136 valence electrons. The topological polar surface area (TPSA) is 70.7 Å². The second-order valence-corrected chi connectivity index (χ2v) is 7.73. The van der Waals surface area contributed by atoms with Gasteiger partial charge in [-0.1, -0.05) is 29.8 Å². The van der Waals surface area contributed by atoms with Crippen molar-refractivity contribution in [2.45, 2.75) is 19.1 Å². The van der Waals surface area contributed by atoms with Crippen LogP contribution in [0.25, 0.3) is 0 Å². The first-order chi connectivity index (χ1) is 12.1. The molecule has 2 aliphatic rings. The summed E-state index contributed by atoms with van der Waals surface area (Å²) in [5.41, 5.74) is 0.774. The van der Waals surface area contributed by atoms with E-state index in [-0.39, 0.29) is 24.5 Å². The lowest BCUT2D eigenvalue weighted by molar-refractivity contribution is -0.131. The molecule has 6 nitrogen and oxygen atoms in total. The molecule has 2 aliphatic heterocycles. The van der Waals surface area contributed by atoms with Crippen LogP contribution in [-0.4, -0.2) is 54.2 Å². The predicted octanol–water partition coefficient (Wildman–Crippen LogP) is 2.08. The Morgan fingerprint density at radius 2 is 2.24 bits per heavy atom. The molecular formula is C17H22ClN3O3S. The highest BCUT2D eigenvalue weighted by molar-refractivity contribution is 7.99. The minimum absolute atomic E-state index is 0.135. The highest BCUT2D eigenvalue weighted by atomic mass is 35.5. The molecule has 2 amide bonds. The number of thioether (sulfide) groups is 1. The first-order valence-corrected chi connectivity index (χ1v) is 9.90. The van der Waals surface area contributed by atoms with E-state index in [9.17, 15) is 9.59 Å². The average Bonchev–Trinajstić information content (AvgIpc) is 3.30. The van der Waals surface area contributed by atoms with E-state index in [0.717, 1.165) is 36.7 Å². The smallest absolute Gasteiger partial charge is 0.407 e. The molecule has 2 atom stereocenters. The number of halogens is 1. The van der Waals surface area contributed by atoms with Crippen LogP contribution in [0.3, 0.4) is 0 Å². The van der Waals surface area contributed by atoms with Gasteiger partial charge in [-0.05, 0) is 18.4 Å². The van der Waals surface area contributed by atoms with Gasteiger partial charge in [0.15, 0.2) is 0 Å². The summed E-state index contributed by atoms with van der Waals surface area (Å²) in [6, 6.07) is 7.13. The summed E-state index contributed by atoms with van der Waals surface area (Å²) < 4.78 is 5.19. The number of carbonyl (C=O) groups excluding carboxylic acids is 2. The molecule has 0 saturated carbocycles. The van der Waals surface area contributed by atoms with Crippen LogP contribution in [0.15, 0.2) is 24.3 Å². The van der Waals surface area contributed by atoms with E-state index < -0.39 is 6.09 Å². The van der Waals surface area contributed by atoms with Gasteiger partial charge >= 0.3 is 6.09 Å². The number of amides is 2. The molecule has 0 spiro atoms. The van der Waals surface area contributed by atoms with Crippen LogP contribution in [0.2, 0.25) is 5.02 Å². The van der Waals surface area contributed by atoms with E-state index in [0.29, 0.717) is 11.6 Å². The zero-order valence-electron chi connectivity index (χ0n) is 13.9. The molecule has 0 aromatic heterocycles. The summed E-state index contributed by atoms with van der Waals surface area (Å²) >= 11 is 7.81. The molecule has 2 fully saturated rings. The Morgan fingerprint density at radius 1 is 1.40 bits per heavy atom. The molecule has 1 aromatic rings. The molecule has 25 heavy (non-hydrogen) atoms. The average molecular weight is 384 g/mol. The predicted molar refractivity (Wildman–Crippen MR) is 98.6 cm³/mol. The fourth-order valence-corrected chi connectivity index (χ4v) is 4.14. The summed E-state index contributed by atoms with van der Waals surface area (Å²) in [4.78, 5) is 26.1. The third-order valence-electron chi connectivity index (χ3n) is 4.44. The van der Waals surface area contributed by atoms with Gasteiger partial charge in [-0.3, -0.25) is 4.79 Å². The van der Waals surface area contributed by atoms with Gasteiger partial charge < -0.3 is 20.3 Å². The van der Waals surface area contributed by atoms with Gasteiger partial charge in [-0.25, -0.2) is 4.79 Å². The third kappa shape index (κ3) is 5.03. The lowest BCUT2D eigenvalue weighted by Gasteiger charge is -2.19. The molecule has 2 N–H and O–H groups in total. The SMILES string of the molecule is O=C(NCC1CNC(C(=O)N2CCSC2)C1)OCc1ccccc1Cl. The van der Waals surface area contributed by atoms with E-state index >= 15 is 0 Å². The highest BCUT2D eigenvalue weighted by Gasteiger charge is 2.33. The maximum Gasteiger partial charge on any atom is 0.407 e. The Labute approximate surface area is 156 Å². The number of carbonyl (C=O) groups is 2. The fraction of sp³-hybridized carbons (Fsp3) is 0.529. The summed E-state index contributed by atoms with van der Waals surface area (Å²) in [5.74, 6) is 2.21. The van der Waals surface area contributed by atoms with E-state index in [1.54, 1.807) is 17.8 Å². The van der Waals surface area contributed by atoms with Crippen molar-refractivity contribution in [1.29, 1.82) is 0 Å². The van der Waals surface area contributed by atoms with Crippen molar-refractivity contribution in [2.24, 2.45) is 5.92 Å². The first kappa shape index (κ1) is 18.4. The second-order valence-electron chi connectivity index (χ2n) is 6.25. The molecule has 0 bridgehead atoms. The van der Waals surface area contributed by atoms with Gasteiger partial charge in [-0.2, -0.15) is 0 Å². The van der Waals surface area contributed by atoms with Crippen LogP contribution in [0.5, 0.6) is 0 Å². The summed E-state index contributed by atoms with van der Waals surface area (Å²) in [5, 5.41) is 6.61. The first-order valence-electron chi connectivity index (χ1n) is 8.37. The molecule has 0 aliphatic carbocycles. The van der Waals surface area contributed by atoms with E-state index in [1.807, 2.05) is 23.1 Å². The van der Waals surface area contributed by atoms with Crippen molar-refractivity contribution in [3.8, 4) is 0 Å². The van der Waals surface area contributed by atoms with Crippen molar-refractivity contribution < 1.29 is 14.3 Å². The van der Waals surface area contributed by atoms with E-state index in [2.05, 4.69) is 10.6 Å². The number of hydrogen-bond acceptors (Lipinski definition) is 5. The lowest BCUT2D eigenvalue weighted by atomic mass is 10.1. The van der Waals surface area contributed by atoms with Crippen LogP contribution in [0.4, 0.5) is 4.79 Å². The molecule has 2 heterocycles. The van der Waals surface area contributed by atoms with Crippen LogP contribution in [-0.2, 0) is 16.1 Å². The van der Waals surface area contributed by atoms with Crippen molar-refractivity contribution in [3.05, 3.63) is 34.9 Å². The quantitative estimate of drug-likeness (QED) is 0.814. The summed E-state index contributed by atoms with van der Waals surface area (Å²) in [6.07, 6.45) is 0.274. The Hall–Kier alpha value is -1.44. The maximum absolute atomic E-state index is 12.3. The van der Waals surface area contributed by atoms with Crippen LogP contribution >= 0.6 is 23.4 Å². The Morgan fingerprint density at radius 3 is 3.00 bits per heavy atom. The summed E-state index contributed by atoms with van der Waals surface area (Å²) in [6.45, 7) is 2.19. The van der Waals surface area contributed by atoms with Crippen LogP contribution < -0.4 is 10.6 Å². The van der Waals surface area contributed by atoms with Gasteiger partial charge in [0.25, 0.3) is 0 Å². The zero-order valence-corrected chi connectivity index (χ0v) is 15.4. The Bertz CT molecular complexity index is 625. The van der Waals surface area contributed by atoms with E-state index in [4.69, 9.17) is 16.3 Å². The van der Waals surface area contributed by atoms with Gasteiger partial charge in [0.05, 0.1) is 11.9 Å². The van der Waals surface area contributed by atoms with Crippen molar-refractivity contribution in [3.63, 3.8) is 0 Å². The largest absolute Gasteiger partial charge is 0.445 e. The third-order valence-corrected chi connectivity index (χ3v) is 5.77. The van der Waals surface area contributed by atoms with Crippen molar-refractivity contribution >= 4 is 35.4 Å². The highest BCUT2D eigenvalue weighted by Crippen LogP contribution is 2.20. The molecule has 1 aromatic carbocycles. The van der Waals surface area contributed by atoms with Crippen molar-refractivity contribution in [1.82, 2.24) is 15.5 Å². The summed E-state index contributed by atoms with van der Waals surface area (Å²) in [7, 11) is 0. The second kappa shape index (κ2) is 8.78. The van der Waals surface area contributed by atoms with Crippen LogP contribution in [0, 0.1) is 5.92 Å². The Balaban J connectivity index is 1.37. The van der Waals surface area contributed by atoms with Gasteiger partial charge in [0.2, 0.25) is 5.91 Å². The van der Waals surface area contributed by atoms with E-state index in [1.165, 1.54) is 0 Å². The minimum atomic E-state index is -0.467. The molecule has 8 heteroatoms. The monoisotopic (exact) mass is 383 g/mol. The normalized spacial score (nSPS) is 22.8. The number of rotatable bonds is 5. The zero-order chi connectivity index (χ0) is 17.6. The molecular weight excluding hydrogens is 362 g/mol. The number of hydrogen-bond donors (Lipinski definition) is 2. The minimum Gasteiger partial charge on any atom is -0.445 e. The van der Waals surface area contributed by atoms with Gasteiger partial charge in [0, 0.05) is 36.0 Å². The molecule has 3 rings (SSSR count). The number of alkyl carbamates (subject to hydrolysis) is 1. The number of nitrogens with one attached hydrogen (secondary N) is 2. The Kier molecular flexibility index (Phi) is 6.45. The maximum atomic E-state index is 12.3. The lowest BCUT2D eigenvalue weighted by Crippen LogP contribution is -2.42. The number of ether oxygens (including phenoxy) is 1. The fourth-order valence-electron chi connectivity index (χ4n) is 3.00.